The van der Waals surface area contributed by atoms with Crippen molar-refractivity contribution in [1.29, 1.82) is 0 Å². The van der Waals surface area contributed by atoms with E-state index in [1.54, 1.807) is 0 Å². The zero-order valence-corrected chi connectivity index (χ0v) is 32.0. The van der Waals surface area contributed by atoms with Crippen LogP contribution in [-0.2, 0) is 56.4 Å². The van der Waals surface area contributed by atoms with Gasteiger partial charge in [0.1, 0.15) is 17.4 Å². The molecule has 11 heteroatoms. The highest BCUT2D eigenvalue weighted by molar-refractivity contribution is 6.33. The number of aromatic amines is 2. The molecule has 0 saturated heterocycles. The maximum absolute atomic E-state index is 11.0. The van der Waals surface area contributed by atoms with Crippen LogP contribution in [0.3, 0.4) is 0 Å². The van der Waals surface area contributed by atoms with Gasteiger partial charge in [0.25, 0.3) is 0 Å². The number of imidazole rings is 2. The second-order valence-electron chi connectivity index (χ2n) is 13.9. The molecule has 0 amide bonds. The minimum Gasteiger partial charge on any atom is -0.341 e. The number of hydrogen-bond donors (Lipinski definition) is 3. The van der Waals surface area contributed by atoms with E-state index in [0.29, 0.717) is 24.7 Å². The minimum absolute atomic E-state index is 0.294. The first kappa shape index (κ1) is 36.0. The number of H-pyrrole nitrogens is 2. The Balaban J connectivity index is 0.000000126. The number of aromatic nitrogens is 4. The summed E-state index contributed by atoms with van der Waals surface area (Å²) in [6.07, 6.45) is 5.30. The number of carbonyl (C=O) groups excluding carboxylic acids is 1. The first-order valence-electron chi connectivity index (χ1n) is 17.9. The molecule has 10 rings (SSSR count). The van der Waals surface area contributed by atoms with Gasteiger partial charge in [-0.25, -0.2) is 9.97 Å². The number of ketones is 1. The SMILES string of the molecule is Clc1ccc2c(c1)CC(N1CCc3nc(-c4ccccc4Cl)[nH]c3C1)C2.Clc1ccccc1-c1nc2c([nH]1)CNCC2.O=C1Cc2ccc(Cl)cc2C1. The third-order valence-electron chi connectivity index (χ3n) is 10.4. The van der Waals surface area contributed by atoms with Gasteiger partial charge in [-0.15, -0.1) is 0 Å². The summed E-state index contributed by atoms with van der Waals surface area (Å²) < 4.78 is 0. The summed E-state index contributed by atoms with van der Waals surface area (Å²) in [5.74, 6) is 2.05. The summed E-state index contributed by atoms with van der Waals surface area (Å²) in [5.41, 5.74) is 11.8. The van der Waals surface area contributed by atoms with E-state index in [9.17, 15) is 4.79 Å². The summed E-state index contributed by atoms with van der Waals surface area (Å²) in [6, 6.07) is 28.1. The molecule has 1 atom stereocenters. The molecule has 2 aliphatic heterocycles. The standard InChI is InChI=1S/C21H19Cl2N3.C12H12ClN3.C9H7ClO/c22-15-6-5-13-10-16(11-14(13)9-15)26-8-7-19-20(12-26)25-21(24-19)17-3-1-2-4-18(17)23;13-9-4-2-1-3-8(9)12-15-10-5-6-14-7-11(10)16-12;10-8-2-1-6-4-9(11)5-7(6)3-8/h1-6,9,16H,7-8,10-12H2,(H,24,25);1-4,14H,5-7H2,(H,15,16);1-3H,4-5H2. The van der Waals surface area contributed by atoms with Gasteiger partial charge in [0.15, 0.2) is 0 Å². The maximum Gasteiger partial charge on any atom is 0.141 e. The van der Waals surface area contributed by atoms with E-state index in [4.69, 9.17) is 51.4 Å². The Morgan fingerprint density at radius 2 is 1.23 bits per heavy atom. The number of rotatable bonds is 3. The molecule has 53 heavy (non-hydrogen) atoms. The molecule has 270 valence electrons. The Bertz CT molecular complexity index is 2270. The summed E-state index contributed by atoms with van der Waals surface area (Å²) >= 11 is 24.4. The van der Waals surface area contributed by atoms with Crippen LogP contribution in [0.15, 0.2) is 84.9 Å². The third-order valence-corrected chi connectivity index (χ3v) is 11.5. The molecule has 0 bridgehead atoms. The van der Waals surface area contributed by atoms with Crippen LogP contribution in [0.5, 0.6) is 0 Å². The molecule has 3 N–H and O–H groups in total. The second kappa shape index (κ2) is 15.8. The summed E-state index contributed by atoms with van der Waals surface area (Å²) in [5, 5.41) is 6.35. The fraction of sp³-hybridized carbons (Fsp3) is 0.262. The van der Waals surface area contributed by atoms with Crippen molar-refractivity contribution < 1.29 is 4.79 Å². The maximum atomic E-state index is 11.0. The lowest BCUT2D eigenvalue weighted by Gasteiger charge is -2.31. The molecule has 2 aliphatic carbocycles. The van der Waals surface area contributed by atoms with E-state index >= 15 is 0 Å². The normalized spacial score (nSPS) is 17.1. The lowest BCUT2D eigenvalue weighted by molar-refractivity contribution is -0.117. The van der Waals surface area contributed by atoms with Crippen molar-refractivity contribution >= 4 is 52.2 Å². The summed E-state index contributed by atoms with van der Waals surface area (Å²) in [4.78, 5) is 29.8. The molecular weight excluding hydrogens is 746 g/mol. The monoisotopic (exact) mass is 782 g/mol. The van der Waals surface area contributed by atoms with Gasteiger partial charge in [-0.1, -0.05) is 82.8 Å². The number of fused-ring (bicyclic) bond motifs is 4. The average Bonchev–Trinajstić information content (AvgIpc) is 3.96. The predicted octanol–water partition coefficient (Wildman–Crippen LogP) is 9.29. The molecule has 0 radical (unpaired) electrons. The smallest absolute Gasteiger partial charge is 0.141 e. The van der Waals surface area contributed by atoms with Crippen LogP contribution in [0.2, 0.25) is 20.1 Å². The van der Waals surface area contributed by atoms with Crippen molar-refractivity contribution in [3.8, 4) is 22.8 Å². The van der Waals surface area contributed by atoms with Gasteiger partial charge in [-0.05, 0) is 83.6 Å². The first-order valence-corrected chi connectivity index (χ1v) is 19.4. The van der Waals surface area contributed by atoms with Crippen LogP contribution in [0.1, 0.15) is 45.0 Å². The lowest BCUT2D eigenvalue weighted by atomic mass is 10.1. The Kier molecular flexibility index (Phi) is 10.7. The highest BCUT2D eigenvalue weighted by atomic mass is 35.5. The molecule has 2 aromatic heterocycles. The number of halogens is 4. The zero-order chi connectivity index (χ0) is 36.5. The molecule has 7 nitrogen and oxygen atoms in total. The van der Waals surface area contributed by atoms with Crippen molar-refractivity contribution in [2.24, 2.45) is 0 Å². The number of benzene rings is 4. The Morgan fingerprint density at radius 3 is 1.91 bits per heavy atom. The Labute approximate surface area is 329 Å². The van der Waals surface area contributed by atoms with Gasteiger partial charge in [0.2, 0.25) is 0 Å². The molecule has 0 fully saturated rings. The number of hydrogen-bond acceptors (Lipinski definition) is 5. The highest BCUT2D eigenvalue weighted by Crippen LogP contribution is 2.33. The van der Waals surface area contributed by atoms with Gasteiger partial charge in [0.05, 0.1) is 32.8 Å². The van der Waals surface area contributed by atoms with Gasteiger partial charge in [-0.3, -0.25) is 9.69 Å². The van der Waals surface area contributed by atoms with Crippen molar-refractivity contribution in [1.82, 2.24) is 30.2 Å². The largest absolute Gasteiger partial charge is 0.341 e. The molecular formula is C42H38Cl4N6O. The van der Waals surface area contributed by atoms with Crippen LogP contribution in [0, 0.1) is 0 Å². The quantitative estimate of drug-likeness (QED) is 0.167. The van der Waals surface area contributed by atoms with Crippen molar-refractivity contribution in [2.45, 2.75) is 57.7 Å². The number of carbonyl (C=O) groups is 1. The Hall–Kier alpha value is -3.95. The molecule has 6 aromatic rings. The van der Waals surface area contributed by atoms with E-state index in [1.165, 1.54) is 28.2 Å². The average molecular weight is 785 g/mol. The van der Waals surface area contributed by atoms with Crippen molar-refractivity contribution in [2.75, 3.05) is 13.1 Å². The molecule has 4 aromatic carbocycles. The second-order valence-corrected chi connectivity index (χ2v) is 15.6. The molecule has 0 saturated carbocycles. The van der Waals surface area contributed by atoms with E-state index in [0.717, 1.165) is 112 Å². The van der Waals surface area contributed by atoms with Gasteiger partial charge >= 0.3 is 0 Å². The van der Waals surface area contributed by atoms with Crippen molar-refractivity contribution in [3.63, 3.8) is 0 Å². The van der Waals surface area contributed by atoms with Crippen LogP contribution < -0.4 is 5.32 Å². The minimum atomic E-state index is 0.294. The molecule has 4 heterocycles. The van der Waals surface area contributed by atoms with E-state index in [2.05, 4.69) is 37.3 Å². The van der Waals surface area contributed by atoms with Crippen LogP contribution >= 0.6 is 46.4 Å². The van der Waals surface area contributed by atoms with Gasteiger partial charge in [0, 0.05) is 79.1 Å². The predicted molar refractivity (Wildman–Crippen MR) is 214 cm³/mol. The molecule has 1 unspecified atom stereocenters. The molecule has 4 aliphatic rings. The van der Waals surface area contributed by atoms with Crippen LogP contribution in [0.25, 0.3) is 22.8 Å². The van der Waals surface area contributed by atoms with E-state index < -0.39 is 0 Å². The van der Waals surface area contributed by atoms with Crippen LogP contribution in [-0.4, -0.2) is 49.8 Å². The van der Waals surface area contributed by atoms with E-state index in [-0.39, 0.29) is 0 Å². The fourth-order valence-electron chi connectivity index (χ4n) is 7.65. The molecule has 0 spiro atoms. The topological polar surface area (TPSA) is 89.7 Å². The lowest BCUT2D eigenvalue weighted by Crippen LogP contribution is -2.39. The third kappa shape index (κ3) is 8.12. The van der Waals surface area contributed by atoms with Gasteiger partial charge in [-0.2, -0.15) is 0 Å². The van der Waals surface area contributed by atoms with Gasteiger partial charge < -0.3 is 15.3 Å². The number of Topliss-reactive ketones (excluding diaryl/α,β-unsaturated/α-hetero) is 1. The first-order chi connectivity index (χ1) is 25.8. The van der Waals surface area contributed by atoms with Crippen molar-refractivity contribution in [3.05, 3.63) is 150 Å². The number of nitrogens with one attached hydrogen (secondary N) is 3. The Morgan fingerprint density at radius 1 is 0.642 bits per heavy atom. The number of nitrogens with zero attached hydrogens (tertiary/aromatic N) is 3. The highest BCUT2D eigenvalue weighted by Gasteiger charge is 2.31. The summed E-state index contributed by atoms with van der Waals surface area (Å²) in [6.45, 7) is 3.83. The van der Waals surface area contributed by atoms with E-state index in [1.807, 2.05) is 72.8 Å². The van der Waals surface area contributed by atoms with Crippen LogP contribution in [0.4, 0.5) is 0 Å². The summed E-state index contributed by atoms with van der Waals surface area (Å²) in [7, 11) is 0. The fourth-order valence-corrected chi connectivity index (χ4v) is 8.49. The zero-order valence-electron chi connectivity index (χ0n) is 29.0.